The lowest BCUT2D eigenvalue weighted by Gasteiger charge is -2.07. The average molecular weight is 211 g/mol. The Morgan fingerprint density at radius 3 is 2.57 bits per heavy atom. The van der Waals surface area contributed by atoms with E-state index in [0.29, 0.717) is 0 Å². The van der Waals surface area contributed by atoms with E-state index in [2.05, 4.69) is 4.72 Å². The predicted molar refractivity (Wildman–Crippen MR) is 55.5 cm³/mol. The summed E-state index contributed by atoms with van der Waals surface area (Å²) in [5.74, 6) is 0.268. The lowest BCUT2D eigenvalue weighted by atomic mass is 10.1. The second-order valence-corrected chi connectivity index (χ2v) is 5.49. The van der Waals surface area contributed by atoms with Crippen LogP contribution in [0.25, 0.3) is 0 Å². The van der Waals surface area contributed by atoms with E-state index in [9.17, 15) is 8.42 Å². The summed E-state index contributed by atoms with van der Waals surface area (Å²) in [6, 6.07) is 10.0. The minimum absolute atomic E-state index is 0.0856. The van der Waals surface area contributed by atoms with Crippen LogP contribution in [0.5, 0.6) is 0 Å². The third kappa shape index (κ3) is 2.33. The van der Waals surface area contributed by atoms with Crippen molar-refractivity contribution in [2.24, 2.45) is 0 Å². The molecule has 3 nitrogen and oxygen atoms in total. The molecule has 0 unspecified atom stereocenters. The average Bonchev–Trinajstić information content (AvgIpc) is 2.47. The Labute approximate surface area is 84.2 Å². The van der Waals surface area contributed by atoms with Crippen LogP contribution in [-0.4, -0.2) is 20.2 Å². The minimum Gasteiger partial charge on any atom is -0.212 e. The first kappa shape index (κ1) is 9.68. The summed E-state index contributed by atoms with van der Waals surface area (Å²) in [7, 11) is -2.97. The molecule has 1 aliphatic heterocycles. The number of hydrogen-bond donors (Lipinski definition) is 1. The van der Waals surface area contributed by atoms with Gasteiger partial charge in [0.1, 0.15) is 0 Å². The molecule has 1 aliphatic rings. The van der Waals surface area contributed by atoms with Crippen LogP contribution < -0.4 is 4.72 Å². The molecule has 0 amide bonds. The van der Waals surface area contributed by atoms with E-state index in [-0.39, 0.29) is 11.8 Å². The van der Waals surface area contributed by atoms with Gasteiger partial charge in [-0.2, -0.15) is 0 Å². The SMILES string of the molecule is O=S1(=O)CC[C@H](Cc2ccccc2)N1. The summed E-state index contributed by atoms with van der Waals surface area (Å²) >= 11 is 0. The Kier molecular flexibility index (Phi) is 2.56. The van der Waals surface area contributed by atoms with Gasteiger partial charge in [-0.25, -0.2) is 13.1 Å². The molecular formula is C10H13NO2S. The van der Waals surface area contributed by atoms with Crippen LogP contribution in [0, 0.1) is 0 Å². The van der Waals surface area contributed by atoms with Gasteiger partial charge in [0.2, 0.25) is 10.0 Å². The molecule has 4 heteroatoms. The third-order valence-corrected chi connectivity index (χ3v) is 3.87. The smallest absolute Gasteiger partial charge is 0.211 e. The molecule has 0 bridgehead atoms. The summed E-state index contributed by atoms with van der Waals surface area (Å²) < 4.78 is 24.9. The number of sulfonamides is 1. The van der Waals surface area contributed by atoms with Gasteiger partial charge in [-0.05, 0) is 18.4 Å². The Morgan fingerprint density at radius 1 is 1.29 bits per heavy atom. The van der Waals surface area contributed by atoms with Gasteiger partial charge in [0.15, 0.2) is 0 Å². The molecule has 2 rings (SSSR count). The molecule has 0 spiro atoms. The Balaban J connectivity index is 2.01. The third-order valence-electron chi connectivity index (χ3n) is 2.41. The molecule has 0 aromatic heterocycles. The van der Waals surface area contributed by atoms with Crippen molar-refractivity contribution in [2.75, 3.05) is 5.75 Å². The zero-order chi connectivity index (χ0) is 10.0. The Hall–Kier alpha value is -0.870. The van der Waals surface area contributed by atoms with E-state index in [1.165, 1.54) is 5.56 Å². The lowest BCUT2D eigenvalue weighted by molar-refractivity contribution is 0.579. The van der Waals surface area contributed by atoms with Crippen molar-refractivity contribution in [3.8, 4) is 0 Å². The van der Waals surface area contributed by atoms with Crippen molar-refractivity contribution in [1.82, 2.24) is 4.72 Å². The summed E-state index contributed by atoms with van der Waals surface area (Å²) in [6.07, 6.45) is 1.51. The van der Waals surface area contributed by atoms with Crippen LogP contribution in [0.15, 0.2) is 30.3 Å². The highest BCUT2D eigenvalue weighted by Gasteiger charge is 2.26. The van der Waals surface area contributed by atoms with Crippen LogP contribution in [0.4, 0.5) is 0 Å². The van der Waals surface area contributed by atoms with Gasteiger partial charge in [-0.1, -0.05) is 30.3 Å². The van der Waals surface area contributed by atoms with E-state index >= 15 is 0 Å². The first-order valence-corrected chi connectivity index (χ1v) is 6.35. The van der Waals surface area contributed by atoms with Crippen molar-refractivity contribution in [1.29, 1.82) is 0 Å². The summed E-state index contributed by atoms with van der Waals surface area (Å²) in [5, 5.41) is 0. The summed E-state index contributed by atoms with van der Waals surface area (Å²) in [4.78, 5) is 0. The fourth-order valence-electron chi connectivity index (χ4n) is 1.71. The van der Waals surface area contributed by atoms with Gasteiger partial charge < -0.3 is 0 Å². The van der Waals surface area contributed by atoms with Gasteiger partial charge in [-0.15, -0.1) is 0 Å². The number of benzene rings is 1. The highest BCUT2D eigenvalue weighted by atomic mass is 32.2. The molecule has 1 saturated heterocycles. The first-order valence-electron chi connectivity index (χ1n) is 4.70. The molecule has 0 saturated carbocycles. The van der Waals surface area contributed by atoms with Crippen molar-refractivity contribution in [3.63, 3.8) is 0 Å². The van der Waals surface area contributed by atoms with Crippen LogP contribution in [0.3, 0.4) is 0 Å². The maximum Gasteiger partial charge on any atom is 0.211 e. The molecule has 14 heavy (non-hydrogen) atoms. The number of hydrogen-bond acceptors (Lipinski definition) is 2. The number of rotatable bonds is 2. The first-order chi connectivity index (χ1) is 6.66. The topological polar surface area (TPSA) is 46.2 Å². The summed E-state index contributed by atoms with van der Waals surface area (Å²) in [6.45, 7) is 0. The molecular weight excluding hydrogens is 198 g/mol. The summed E-state index contributed by atoms with van der Waals surface area (Å²) in [5.41, 5.74) is 1.18. The van der Waals surface area contributed by atoms with Crippen LogP contribution >= 0.6 is 0 Å². The van der Waals surface area contributed by atoms with E-state index in [0.717, 1.165) is 12.8 Å². The van der Waals surface area contributed by atoms with Crippen molar-refractivity contribution < 1.29 is 8.42 Å². The second kappa shape index (κ2) is 3.71. The van der Waals surface area contributed by atoms with E-state index in [4.69, 9.17) is 0 Å². The largest absolute Gasteiger partial charge is 0.212 e. The molecule has 1 aromatic rings. The van der Waals surface area contributed by atoms with Gasteiger partial charge in [-0.3, -0.25) is 0 Å². The van der Waals surface area contributed by atoms with Crippen LogP contribution in [-0.2, 0) is 16.4 Å². The maximum atomic E-state index is 11.1. The molecule has 76 valence electrons. The normalized spacial score (nSPS) is 25.0. The second-order valence-electron chi connectivity index (χ2n) is 3.61. The van der Waals surface area contributed by atoms with Gasteiger partial charge in [0.25, 0.3) is 0 Å². The molecule has 1 heterocycles. The Bertz CT molecular complexity index is 399. The maximum absolute atomic E-state index is 11.1. The molecule has 0 aliphatic carbocycles. The van der Waals surface area contributed by atoms with Gasteiger partial charge in [0.05, 0.1) is 5.75 Å². The molecule has 0 radical (unpaired) electrons. The van der Waals surface area contributed by atoms with Crippen molar-refractivity contribution in [3.05, 3.63) is 35.9 Å². The van der Waals surface area contributed by atoms with Gasteiger partial charge in [0, 0.05) is 6.04 Å². The molecule has 1 fully saturated rings. The van der Waals surface area contributed by atoms with Crippen molar-refractivity contribution in [2.45, 2.75) is 18.9 Å². The van der Waals surface area contributed by atoms with Crippen LogP contribution in [0.2, 0.25) is 0 Å². The van der Waals surface area contributed by atoms with E-state index in [1.807, 2.05) is 30.3 Å². The van der Waals surface area contributed by atoms with Crippen molar-refractivity contribution >= 4 is 10.0 Å². The van der Waals surface area contributed by atoms with E-state index in [1.54, 1.807) is 0 Å². The zero-order valence-electron chi connectivity index (χ0n) is 7.81. The quantitative estimate of drug-likeness (QED) is 0.790. The molecule has 1 N–H and O–H groups in total. The molecule has 1 aromatic carbocycles. The lowest BCUT2D eigenvalue weighted by Crippen LogP contribution is -2.27. The standard InChI is InChI=1S/C10H13NO2S/c12-14(13)7-6-10(11-14)8-9-4-2-1-3-5-9/h1-5,10-11H,6-8H2/t10-/m1/s1. The molecule has 1 atom stereocenters. The van der Waals surface area contributed by atoms with Gasteiger partial charge >= 0.3 is 0 Å². The zero-order valence-corrected chi connectivity index (χ0v) is 8.63. The minimum atomic E-state index is -2.97. The highest BCUT2D eigenvalue weighted by molar-refractivity contribution is 7.89. The van der Waals surface area contributed by atoms with Crippen LogP contribution in [0.1, 0.15) is 12.0 Å². The predicted octanol–water partition coefficient (Wildman–Crippen LogP) is 0.921. The monoisotopic (exact) mass is 211 g/mol. The number of nitrogens with one attached hydrogen (secondary N) is 1. The fraction of sp³-hybridized carbons (Fsp3) is 0.400. The highest BCUT2D eigenvalue weighted by Crippen LogP contribution is 2.12. The van der Waals surface area contributed by atoms with E-state index < -0.39 is 10.0 Å². The Morgan fingerprint density at radius 2 is 2.00 bits per heavy atom. The fourth-order valence-corrected chi connectivity index (χ4v) is 3.13.